The van der Waals surface area contributed by atoms with E-state index in [0.717, 1.165) is 16.4 Å². The summed E-state index contributed by atoms with van der Waals surface area (Å²) < 4.78 is 24.9. The van der Waals surface area contributed by atoms with Gasteiger partial charge in [-0.25, -0.2) is 13.4 Å². The minimum absolute atomic E-state index is 0.190. The summed E-state index contributed by atoms with van der Waals surface area (Å²) in [5, 5.41) is 3.72. The van der Waals surface area contributed by atoms with E-state index in [0.29, 0.717) is 12.1 Å². The Morgan fingerprint density at radius 2 is 1.78 bits per heavy atom. The minimum Gasteiger partial charge on any atom is -0.348 e. The molecule has 8 heteroatoms. The molecule has 0 aliphatic carbocycles. The van der Waals surface area contributed by atoms with Crippen molar-refractivity contribution in [3.05, 3.63) is 72.1 Å². The molecule has 0 saturated carbocycles. The number of nitrogens with one attached hydrogen (secondary N) is 1. The molecule has 0 radical (unpaired) electrons. The number of thioether (sulfide) groups is 1. The van der Waals surface area contributed by atoms with E-state index in [2.05, 4.69) is 10.3 Å². The van der Waals surface area contributed by atoms with Crippen LogP contribution < -0.4 is 5.32 Å². The summed E-state index contributed by atoms with van der Waals surface area (Å²) in [7, 11) is -3.22. The number of imidazole rings is 1. The Hall–Kier alpha value is -2.58. The number of hydrogen-bond acceptors (Lipinski definition) is 5. The first-order valence-electron chi connectivity index (χ1n) is 8.13. The van der Waals surface area contributed by atoms with Crippen molar-refractivity contribution < 1.29 is 13.2 Å². The molecule has 27 heavy (non-hydrogen) atoms. The Morgan fingerprint density at radius 3 is 2.37 bits per heavy atom. The number of benzene rings is 2. The molecule has 0 bridgehead atoms. The monoisotopic (exact) mass is 401 g/mol. The van der Waals surface area contributed by atoms with Gasteiger partial charge in [-0.3, -0.25) is 9.36 Å². The van der Waals surface area contributed by atoms with Crippen LogP contribution in [0.15, 0.2) is 71.0 Å². The highest BCUT2D eigenvalue weighted by Crippen LogP contribution is 2.18. The van der Waals surface area contributed by atoms with E-state index in [-0.39, 0.29) is 10.8 Å². The third kappa shape index (κ3) is 4.58. The van der Waals surface area contributed by atoms with Crippen molar-refractivity contribution in [2.75, 3.05) is 12.5 Å². The molecule has 0 spiro atoms. The summed E-state index contributed by atoms with van der Waals surface area (Å²) in [6.07, 6.45) is 6.74. The van der Waals surface area contributed by atoms with Gasteiger partial charge in [-0.15, -0.1) is 0 Å². The molecule has 0 aliphatic heterocycles. The fraction of sp³-hybridized carbons (Fsp3) is 0.158. The lowest BCUT2D eigenvalue weighted by molar-refractivity contribution is 0.0951. The van der Waals surface area contributed by atoms with Crippen molar-refractivity contribution in [2.24, 2.45) is 0 Å². The summed E-state index contributed by atoms with van der Waals surface area (Å²) in [5.41, 5.74) is 2.32. The fourth-order valence-corrected chi connectivity index (χ4v) is 3.71. The summed E-state index contributed by atoms with van der Waals surface area (Å²) in [6, 6.07) is 13.8. The lowest BCUT2D eigenvalue weighted by atomic mass is 10.1. The first-order valence-corrected chi connectivity index (χ1v) is 11.2. The molecule has 0 saturated heterocycles. The Labute approximate surface area is 162 Å². The second kappa shape index (κ2) is 7.98. The Kier molecular flexibility index (Phi) is 5.67. The Balaban J connectivity index is 1.64. The maximum atomic E-state index is 12.3. The second-order valence-electron chi connectivity index (χ2n) is 5.93. The lowest BCUT2D eigenvalue weighted by Crippen LogP contribution is -2.22. The van der Waals surface area contributed by atoms with Crippen molar-refractivity contribution in [1.29, 1.82) is 0 Å². The van der Waals surface area contributed by atoms with E-state index in [1.165, 1.54) is 6.26 Å². The molecule has 1 heterocycles. The van der Waals surface area contributed by atoms with Crippen LogP contribution in [0.3, 0.4) is 0 Å². The van der Waals surface area contributed by atoms with E-state index in [9.17, 15) is 13.2 Å². The zero-order valence-electron chi connectivity index (χ0n) is 14.9. The smallest absolute Gasteiger partial charge is 0.251 e. The van der Waals surface area contributed by atoms with Gasteiger partial charge in [0.25, 0.3) is 5.91 Å². The zero-order chi connectivity index (χ0) is 19.4. The molecular formula is C19H19N3O3S2. The second-order valence-corrected chi connectivity index (χ2v) is 8.72. The first-order chi connectivity index (χ1) is 12.9. The molecule has 0 atom stereocenters. The van der Waals surface area contributed by atoms with Crippen molar-refractivity contribution in [2.45, 2.75) is 16.6 Å². The number of rotatable bonds is 6. The average Bonchev–Trinajstić information content (AvgIpc) is 3.14. The van der Waals surface area contributed by atoms with Crippen LogP contribution in [-0.2, 0) is 16.4 Å². The molecule has 6 nitrogen and oxygen atoms in total. The molecule has 140 valence electrons. The van der Waals surface area contributed by atoms with Crippen LogP contribution in [0, 0.1) is 0 Å². The number of nitrogens with zero attached hydrogens (tertiary/aromatic N) is 2. The van der Waals surface area contributed by atoms with Gasteiger partial charge in [0.2, 0.25) is 0 Å². The van der Waals surface area contributed by atoms with Crippen LogP contribution in [0.1, 0.15) is 15.9 Å². The highest BCUT2D eigenvalue weighted by atomic mass is 32.2. The van der Waals surface area contributed by atoms with Crippen LogP contribution in [0.4, 0.5) is 0 Å². The molecule has 3 aromatic rings. The van der Waals surface area contributed by atoms with Crippen molar-refractivity contribution in [3.63, 3.8) is 0 Å². The first kappa shape index (κ1) is 19.2. The third-order valence-electron chi connectivity index (χ3n) is 4.00. The number of hydrogen-bond donors (Lipinski definition) is 1. The predicted molar refractivity (Wildman–Crippen MR) is 106 cm³/mol. The van der Waals surface area contributed by atoms with Crippen LogP contribution in [0.25, 0.3) is 5.69 Å². The number of sulfone groups is 1. The highest BCUT2D eigenvalue weighted by molar-refractivity contribution is 7.98. The Bertz CT molecular complexity index is 1040. The molecule has 1 aromatic heterocycles. The van der Waals surface area contributed by atoms with Crippen molar-refractivity contribution >= 4 is 27.5 Å². The zero-order valence-corrected chi connectivity index (χ0v) is 16.5. The van der Waals surface area contributed by atoms with E-state index in [4.69, 9.17) is 0 Å². The molecule has 3 rings (SSSR count). The van der Waals surface area contributed by atoms with Gasteiger partial charge >= 0.3 is 0 Å². The number of aromatic nitrogens is 2. The molecule has 1 amide bonds. The van der Waals surface area contributed by atoms with Crippen LogP contribution in [0.2, 0.25) is 0 Å². The molecule has 1 N–H and O–H groups in total. The van der Waals surface area contributed by atoms with Crippen LogP contribution in [-0.4, -0.2) is 36.4 Å². The number of carbonyl (C=O) groups is 1. The average molecular weight is 402 g/mol. The summed E-state index contributed by atoms with van der Waals surface area (Å²) >= 11 is 1.55. The third-order valence-corrected chi connectivity index (χ3v) is 5.80. The van der Waals surface area contributed by atoms with Gasteiger partial charge in [0.15, 0.2) is 15.0 Å². The topological polar surface area (TPSA) is 81.1 Å². The van der Waals surface area contributed by atoms with Crippen LogP contribution in [0.5, 0.6) is 0 Å². The molecule has 2 aromatic carbocycles. The fourth-order valence-electron chi connectivity index (χ4n) is 2.55. The quantitative estimate of drug-likeness (QED) is 0.643. The van der Waals surface area contributed by atoms with Gasteiger partial charge in [0, 0.05) is 36.4 Å². The molecule has 0 aliphatic rings. The number of carbonyl (C=O) groups excluding carboxylic acids is 1. The van der Waals surface area contributed by atoms with Gasteiger partial charge in [0.1, 0.15) is 0 Å². The van der Waals surface area contributed by atoms with E-state index >= 15 is 0 Å². The summed E-state index contributed by atoms with van der Waals surface area (Å²) in [5.74, 6) is -0.190. The van der Waals surface area contributed by atoms with Crippen molar-refractivity contribution in [3.8, 4) is 5.69 Å². The summed E-state index contributed by atoms with van der Waals surface area (Å²) in [4.78, 5) is 16.9. The molecule has 0 fully saturated rings. The Morgan fingerprint density at radius 1 is 1.11 bits per heavy atom. The van der Waals surface area contributed by atoms with Crippen LogP contribution >= 0.6 is 11.8 Å². The van der Waals surface area contributed by atoms with E-state index in [1.807, 2.05) is 29.2 Å². The van der Waals surface area contributed by atoms with Gasteiger partial charge < -0.3 is 5.32 Å². The normalized spacial score (nSPS) is 11.3. The highest BCUT2D eigenvalue weighted by Gasteiger charge is 2.09. The van der Waals surface area contributed by atoms with Gasteiger partial charge in [-0.1, -0.05) is 23.9 Å². The molecule has 0 unspecified atom stereocenters. The lowest BCUT2D eigenvalue weighted by Gasteiger charge is -2.09. The van der Waals surface area contributed by atoms with Gasteiger partial charge in [0.05, 0.1) is 4.90 Å². The minimum atomic E-state index is -3.22. The summed E-state index contributed by atoms with van der Waals surface area (Å²) in [6.45, 7) is 0.322. The van der Waals surface area contributed by atoms with Gasteiger partial charge in [-0.05, 0) is 48.2 Å². The SMILES string of the molecule is CSc1nccn1-c1ccc(C(=O)NCc2ccc(S(C)(=O)=O)cc2)cc1. The number of amides is 1. The standard InChI is InChI=1S/C19H19N3O3S2/c1-26-19-20-11-12-22(19)16-7-5-15(6-8-16)18(23)21-13-14-3-9-17(10-4-14)27(2,24)25/h3-12H,13H2,1-2H3,(H,21,23). The van der Waals surface area contributed by atoms with E-state index in [1.54, 1.807) is 54.4 Å². The maximum Gasteiger partial charge on any atom is 0.251 e. The van der Waals surface area contributed by atoms with E-state index < -0.39 is 9.84 Å². The molecular weight excluding hydrogens is 382 g/mol. The van der Waals surface area contributed by atoms with Gasteiger partial charge in [-0.2, -0.15) is 0 Å². The van der Waals surface area contributed by atoms with Crippen molar-refractivity contribution in [1.82, 2.24) is 14.9 Å². The maximum absolute atomic E-state index is 12.3. The largest absolute Gasteiger partial charge is 0.348 e. The predicted octanol–water partition coefficient (Wildman–Crippen LogP) is 2.93.